The normalized spacial score (nSPS) is 23.4. The van der Waals surface area contributed by atoms with Gasteiger partial charge in [-0.15, -0.1) is 0 Å². The number of carbonyl (C=O) groups excluding carboxylic acids is 3. The topological polar surface area (TPSA) is 102 Å². The fourth-order valence-electron chi connectivity index (χ4n) is 2.10. The number of amides is 3. The number of rotatable bonds is 4. The van der Waals surface area contributed by atoms with Gasteiger partial charge in [0.15, 0.2) is 0 Å². The number of hydrogen-bond donors (Lipinski definition) is 2. The molecule has 2 fully saturated rings. The number of nitrogens with one attached hydrogen (secondary N) is 1. The highest BCUT2D eigenvalue weighted by Crippen LogP contribution is 2.38. The molecular weight excluding hydrogens is 262 g/mol. The predicted octanol–water partition coefficient (Wildman–Crippen LogP) is -0.0925. The fraction of sp³-hybridized carbons (Fsp3) is 0.615. The van der Waals surface area contributed by atoms with Crippen molar-refractivity contribution in [1.82, 2.24) is 10.2 Å². The monoisotopic (exact) mass is 281 g/mol. The third kappa shape index (κ3) is 3.28. The Kier molecular flexibility index (Phi) is 3.69. The largest absolute Gasteiger partial charge is 0.443 e. The van der Waals surface area contributed by atoms with Gasteiger partial charge in [-0.25, -0.2) is 4.79 Å². The van der Waals surface area contributed by atoms with Crippen LogP contribution in [0.3, 0.4) is 0 Å². The lowest BCUT2D eigenvalue weighted by Crippen LogP contribution is -2.47. The molecule has 1 saturated carbocycles. The molecule has 2 aliphatic rings. The smallest absolute Gasteiger partial charge is 0.408 e. The molecule has 2 rings (SSSR count). The Balaban J connectivity index is 1.83. The highest BCUT2D eigenvalue weighted by Gasteiger charge is 2.42. The van der Waals surface area contributed by atoms with Crippen molar-refractivity contribution in [3.8, 4) is 0 Å². The summed E-state index contributed by atoms with van der Waals surface area (Å²) in [6, 6.07) is -0.672. The van der Waals surface area contributed by atoms with Crippen molar-refractivity contribution in [2.75, 3.05) is 13.1 Å². The summed E-state index contributed by atoms with van der Waals surface area (Å²) >= 11 is 0. The first-order valence-corrected chi connectivity index (χ1v) is 6.53. The summed E-state index contributed by atoms with van der Waals surface area (Å²) in [5, 5.41) is 2.40. The standard InChI is InChI=1S/C13H19N3O4/c1-8-5-9(11(14)18)16(7-8)10(17)6-15-12(19)20-13(2)3-4-13/h9H,1,3-7H2,2H3,(H2,14,18)(H,15,19)/t9-/m0/s1. The van der Waals surface area contributed by atoms with Gasteiger partial charge in [-0.1, -0.05) is 12.2 Å². The van der Waals surface area contributed by atoms with Gasteiger partial charge in [-0.2, -0.15) is 0 Å². The van der Waals surface area contributed by atoms with Crippen molar-refractivity contribution in [2.24, 2.45) is 5.73 Å². The number of nitrogens with two attached hydrogens (primary N) is 1. The second-order valence-corrected chi connectivity index (χ2v) is 5.59. The molecule has 0 aromatic carbocycles. The molecule has 110 valence electrons. The molecule has 7 heteroatoms. The van der Waals surface area contributed by atoms with E-state index in [2.05, 4.69) is 11.9 Å². The van der Waals surface area contributed by atoms with Crippen LogP contribution in [0, 0.1) is 0 Å². The summed E-state index contributed by atoms with van der Waals surface area (Å²) in [4.78, 5) is 36.1. The molecule has 3 amide bonds. The molecule has 1 saturated heterocycles. The average molecular weight is 281 g/mol. The number of nitrogens with zero attached hydrogens (tertiary/aromatic N) is 1. The van der Waals surface area contributed by atoms with Crippen molar-refractivity contribution in [3.05, 3.63) is 12.2 Å². The van der Waals surface area contributed by atoms with Crippen LogP contribution in [0.1, 0.15) is 26.2 Å². The molecule has 3 N–H and O–H groups in total. The summed E-state index contributed by atoms with van der Waals surface area (Å²) in [7, 11) is 0. The Hall–Kier alpha value is -2.05. The highest BCUT2D eigenvalue weighted by atomic mass is 16.6. The zero-order valence-electron chi connectivity index (χ0n) is 11.5. The van der Waals surface area contributed by atoms with E-state index in [4.69, 9.17) is 10.5 Å². The number of likely N-dealkylation sites (tertiary alicyclic amines) is 1. The second-order valence-electron chi connectivity index (χ2n) is 5.59. The summed E-state index contributed by atoms with van der Waals surface area (Å²) in [5.41, 5.74) is 5.64. The summed E-state index contributed by atoms with van der Waals surface area (Å²) in [6.45, 7) is 5.67. The lowest BCUT2D eigenvalue weighted by Gasteiger charge is -2.22. The molecule has 0 spiro atoms. The Labute approximate surface area is 117 Å². The first-order valence-electron chi connectivity index (χ1n) is 6.53. The quantitative estimate of drug-likeness (QED) is 0.703. The van der Waals surface area contributed by atoms with Crippen LogP contribution in [0.15, 0.2) is 12.2 Å². The minimum atomic E-state index is -0.672. The van der Waals surface area contributed by atoms with Crippen molar-refractivity contribution in [3.63, 3.8) is 0 Å². The lowest BCUT2D eigenvalue weighted by atomic mass is 10.2. The van der Waals surface area contributed by atoms with Crippen LogP contribution in [0.5, 0.6) is 0 Å². The predicted molar refractivity (Wildman–Crippen MR) is 70.6 cm³/mol. The molecule has 1 aliphatic heterocycles. The maximum absolute atomic E-state index is 12.0. The van der Waals surface area contributed by atoms with Crippen LogP contribution in [0.25, 0.3) is 0 Å². The van der Waals surface area contributed by atoms with E-state index in [-0.39, 0.29) is 18.1 Å². The molecule has 20 heavy (non-hydrogen) atoms. The molecule has 0 aromatic heterocycles. The molecule has 1 aliphatic carbocycles. The molecule has 0 aromatic rings. The Bertz CT molecular complexity index is 470. The maximum Gasteiger partial charge on any atom is 0.408 e. The molecule has 0 unspecified atom stereocenters. The van der Waals surface area contributed by atoms with E-state index >= 15 is 0 Å². The van der Waals surface area contributed by atoms with Crippen LogP contribution in [0.2, 0.25) is 0 Å². The maximum atomic E-state index is 12.0. The van der Waals surface area contributed by atoms with Gasteiger partial charge in [0.05, 0.1) is 0 Å². The minimum absolute atomic E-state index is 0.216. The van der Waals surface area contributed by atoms with Crippen molar-refractivity contribution in [1.29, 1.82) is 0 Å². The van der Waals surface area contributed by atoms with Crippen LogP contribution in [0.4, 0.5) is 4.79 Å². The van der Waals surface area contributed by atoms with Gasteiger partial charge in [-0.05, 0) is 26.2 Å². The van der Waals surface area contributed by atoms with Gasteiger partial charge < -0.3 is 20.7 Å². The summed E-state index contributed by atoms with van der Waals surface area (Å²) in [5.74, 6) is -0.935. The first-order chi connectivity index (χ1) is 9.31. The van der Waals surface area contributed by atoms with Gasteiger partial charge in [-0.3, -0.25) is 9.59 Å². The lowest BCUT2D eigenvalue weighted by molar-refractivity contribution is -0.136. The van der Waals surface area contributed by atoms with Crippen LogP contribution >= 0.6 is 0 Å². The molecule has 7 nitrogen and oxygen atoms in total. The number of carbonyl (C=O) groups is 3. The molecule has 0 bridgehead atoms. The molecule has 1 atom stereocenters. The van der Waals surface area contributed by atoms with Crippen LogP contribution in [-0.4, -0.2) is 47.5 Å². The SMILES string of the molecule is C=C1C[C@@H](C(N)=O)N(C(=O)CNC(=O)OC2(C)CC2)C1. The zero-order valence-corrected chi connectivity index (χ0v) is 11.5. The van der Waals surface area contributed by atoms with Gasteiger partial charge in [0.1, 0.15) is 18.2 Å². The van der Waals surface area contributed by atoms with Crippen molar-refractivity contribution >= 4 is 17.9 Å². The Morgan fingerprint density at radius 3 is 2.70 bits per heavy atom. The van der Waals surface area contributed by atoms with E-state index in [1.165, 1.54) is 4.90 Å². The van der Waals surface area contributed by atoms with Crippen molar-refractivity contribution < 1.29 is 19.1 Å². The van der Waals surface area contributed by atoms with Gasteiger partial charge in [0.25, 0.3) is 0 Å². The van der Waals surface area contributed by atoms with Gasteiger partial charge >= 0.3 is 6.09 Å². The highest BCUT2D eigenvalue weighted by molar-refractivity contribution is 5.90. The average Bonchev–Trinajstić information content (AvgIpc) is 2.93. The number of primary amides is 1. The second kappa shape index (κ2) is 5.15. The van der Waals surface area contributed by atoms with E-state index < -0.39 is 18.0 Å². The third-order valence-corrected chi connectivity index (χ3v) is 3.58. The molecule has 0 radical (unpaired) electrons. The number of alkyl carbamates (subject to hydrolysis) is 1. The van der Waals surface area contributed by atoms with Gasteiger partial charge in [0, 0.05) is 6.54 Å². The van der Waals surface area contributed by atoms with Crippen LogP contribution in [-0.2, 0) is 14.3 Å². The van der Waals surface area contributed by atoms with Crippen LogP contribution < -0.4 is 11.1 Å². The van der Waals surface area contributed by atoms with E-state index in [1.54, 1.807) is 0 Å². The minimum Gasteiger partial charge on any atom is -0.443 e. The third-order valence-electron chi connectivity index (χ3n) is 3.58. The molecular formula is C13H19N3O4. The van der Waals surface area contributed by atoms with Gasteiger partial charge in [0.2, 0.25) is 11.8 Å². The molecule has 1 heterocycles. The Morgan fingerprint density at radius 2 is 2.15 bits per heavy atom. The Morgan fingerprint density at radius 1 is 1.50 bits per heavy atom. The first kappa shape index (κ1) is 14.4. The van der Waals surface area contributed by atoms with E-state index in [0.29, 0.717) is 13.0 Å². The summed E-state index contributed by atoms with van der Waals surface area (Å²) in [6.07, 6.45) is 1.43. The van der Waals surface area contributed by atoms with E-state index in [9.17, 15) is 14.4 Å². The zero-order chi connectivity index (χ0) is 14.9. The van der Waals surface area contributed by atoms with E-state index in [1.807, 2.05) is 6.92 Å². The number of hydrogen-bond acceptors (Lipinski definition) is 4. The number of ether oxygens (including phenoxy) is 1. The fourth-order valence-corrected chi connectivity index (χ4v) is 2.10. The van der Waals surface area contributed by atoms with E-state index in [0.717, 1.165) is 18.4 Å². The summed E-state index contributed by atoms with van der Waals surface area (Å²) < 4.78 is 5.13. The van der Waals surface area contributed by atoms with Crippen molar-refractivity contribution in [2.45, 2.75) is 37.8 Å².